The van der Waals surface area contributed by atoms with Crippen molar-refractivity contribution in [3.8, 4) is 5.69 Å². The first kappa shape index (κ1) is 36.4. The molecule has 3 aromatic heterocycles. The predicted molar refractivity (Wildman–Crippen MR) is 161 cm³/mol. The molecule has 13 heteroatoms. The van der Waals surface area contributed by atoms with Gasteiger partial charge in [0.2, 0.25) is 11.7 Å². The first-order valence-corrected chi connectivity index (χ1v) is 13.8. The summed E-state index contributed by atoms with van der Waals surface area (Å²) in [6, 6.07) is 15.6. The number of likely N-dealkylation sites (N-methyl/N-ethyl adjacent to an activating group) is 1. The van der Waals surface area contributed by atoms with Gasteiger partial charge in [-0.25, -0.2) is 14.6 Å². The number of aromatic nitrogens is 5. The van der Waals surface area contributed by atoms with E-state index in [2.05, 4.69) is 25.4 Å². The number of hydrogen-bond donors (Lipinski definition) is 2. The van der Waals surface area contributed by atoms with Crippen LogP contribution in [0.5, 0.6) is 0 Å². The molecule has 43 heavy (non-hydrogen) atoms. The van der Waals surface area contributed by atoms with Crippen LogP contribution in [0.4, 0.5) is 19.0 Å². The Labute approximate surface area is 250 Å². The number of nitrogens with two attached hydrogens (primary N) is 1. The molecule has 0 spiro atoms. The highest BCUT2D eigenvalue weighted by atomic mass is 19.4. The third-order valence-electron chi connectivity index (χ3n) is 5.28. The Morgan fingerprint density at radius 2 is 1.60 bits per heavy atom. The number of alkyl halides is 3. The summed E-state index contributed by atoms with van der Waals surface area (Å²) in [5, 5.41) is 6.60. The molecule has 0 saturated heterocycles. The normalized spacial score (nSPS) is 10.1. The molecule has 3 heterocycles. The summed E-state index contributed by atoms with van der Waals surface area (Å²) in [6.45, 7) is 11.9. The van der Waals surface area contributed by atoms with Crippen LogP contribution in [-0.2, 0) is 17.5 Å². The van der Waals surface area contributed by atoms with Gasteiger partial charge in [-0.05, 0) is 44.2 Å². The van der Waals surface area contributed by atoms with E-state index < -0.39 is 36.1 Å². The van der Waals surface area contributed by atoms with Crippen LogP contribution in [0.15, 0.2) is 73.2 Å². The second-order valence-corrected chi connectivity index (χ2v) is 8.01. The fourth-order valence-electron chi connectivity index (χ4n) is 3.43. The summed E-state index contributed by atoms with van der Waals surface area (Å²) in [6.07, 6.45) is -0.512. The number of hydrogen-bond acceptors (Lipinski definition) is 7. The molecule has 0 bridgehead atoms. The van der Waals surface area contributed by atoms with Crippen LogP contribution in [0.2, 0.25) is 0 Å². The van der Waals surface area contributed by atoms with E-state index in [1.165, 1.54) is 4.90 Å². The zero-order chi connectivity index (χ0) is 32.4. The summed E-state index contributed by atoms with van der Waals surface area (Å²) < 4.78 is 39.9. The monoisotopic (exact) mass is 600 g/mol. The Bertz CT molecular complexity index is 1380. The summed E-state index contributed by atoms with van der Waals surface area (Å²) in [7, 11) is 0. The Balaban J connectivity index is 0.000000651. The fraction of sp³-hybridized carbons (Fsp3) is 0.333. The van der Waals surface area contributed by atoms with Gasteiger partial charge in [-0.1, -0.05) is 52.0 Å². The number of pyridine rings is 1. The van der Waals surface area contributed by atoms with Crippen molar-refractivity contribution in [1.29, 1.82) is 0 Å². The first-order valence-electron chi connectivity index (χ1n) is 13.8. The maximum Gasteiger partial charge on any atom is 0.433 e. The molecule has 0 aliphatic heterocycles. The van der Waals surface area contributed by atoms with Crippen molar-refractivity contribution < 1.29 is 22.8 Å². The molecule has 0 unspecified atom stereocenters. The quantitative estimate of drug-likeness (QED) is 0.292. The molecule has 4 aromatic rings. The molecule has 2 amide bonds. The van der Waals surface area contributed by atoms with Crippen molar-refractivity contribution in [2.45, 2.75) is 54.3 Å². The molecule has 1 aromatic carbocycles. The Kier molecular flexibility index (Phi) is 15.8. The van der Waals surface area contributed by atoms with Gasteiger partial charge >= 0.3 is 6.18 Å². The molecule has 0 fully saturated rings. The maximum atomic E-state index is 12.8. The Hall–Kier alpha value is -4.65. The number of amides is 2. The minimum Gasteiger partial charge on any atom is -0.340 e. The zero-order valence-electron chi connectivity index (χ0n) is 25.3. The fourth-order valence-corrected chi connectivity index (χ4v) is 3.43. The number of carbonyl (C=O) groups is 2. The molecule has 232 valence electrons. The summed E-state index contributed by atoms with van der Waals surface area (Å²) >= 11 is 0. The van der Waals surface area contributed by atoms with Crippen molar-refractivity contribution in [3.63, 3.8) is 0 Å². The van der Waals surface area contributed by atoms with Gasteiger partial charge in [0.1, 0.15) is 11.5 Å². The van der Waals surface area contributed by atoms with E-state index in [0.29, 0.717) is 18.4 Å². The SMILES string of the molecule is CC.CC.CCN(C(=O)CNC(=O)c1nccc(C(F)(F)F)n1)c1c(C)cnn1-c1ccccc1.NCc1ccccn1. The highest BCUT2D eigenvalue weighted by Crippen LogP contribution is 2.27. The van der Waals surface area contributed by atoms with Crippen LogP contribution in [0.1, 0.15) is 62.2 Å². The molecular weight excluding hydrogens is 561 g/mol. The Morgan fingerprint density at radius 1 is 0.953 bits per heavy atom. The van der Waals surface area contributed by atoms with Crippen molar-refractivity contribution in [1.82, 2.24) is 30.0 Å². The molecule has 0 aliphatic carbocycles. The molecule has 4 rings (SSSR count). The van der Waals surface area contributed by atoms with Crippen LogP contribution in [0.25, 0.3) is 5.69 Å². The molecule has 0 radical (unpaired) electrons. The predicted octanol–water partition coefficient (Wildman–Crippen LogP) is 5.37. The number of nitrogens with one attached hydrogen (secondary N) is 1. The number of benzene rings is 1. The van der Waals surface area contributed by atoms with E-state index in [9.17, 15) is 22.8 Å². The number of anilines is 1. The van der Waals surface area contributed by atoms with Gasteiger partial charge in [-0.2, -0.15) is 18.3 Å². The lowest BCUT2D eigenvalue weighted by atomic mass is 10.3. The van der Waals surface area contributed by atoms with Gasteiger partial charge in [-0.3, -0.25) is 19.5 Å². The van der Waals surface area contributed by atoms with Gasteiger partial charge in [0.25, 0.3) is 5.91 Å². The first-order chi connectivity index (χ1) is 20.7. The van der Waals surface area contributed by atoms with Gasteiger partial charge in [0, 0.05) is 31.0 Å². The number of halogens is 3. The minimum atomic E-state index is -4.71. The van der Waals surface area contributed by atoms with E-state index >= 15 is 0 Å². The minimum absolute atomic E-state index is 0.286. The topological polar surface area (TPSA) is 132 Å². The summed E-state index contributed by atoms with van der Waals surface area (Å²) in [5.74, 6) is -1.59. The number of rotatable bonds is 7. The second-order valence-electron chi connectivity index (χ2n) is 8.01. The Morgan fingerprint density at radius 3 is 2.14 bits per heavy atom. The lowest BCUT2D eigenvalue weighted by Crippen LogP contribution is -2.41. The zero-order valence-corrected chi connectivity index (χ0v) is 25.3. The second kappa shape index (κ2) is 18.7. The maximum absolute atomic E-state index is 12.8. The van der Waals surface area contributed by atoms with Gasteiger partial charge < -0.3 is 11.1 Å². The van der Waals surface area contributed by atoms with E-state index in [1.54, 1.807) is 30.9 Å². The lowest BCUT2D eigenvalue weighted by molar-refractivity contribution is -0.141. The average molecular weight is 601 g/mol. The molecular formula is C30H39F3N8O2. The van der Waals surface area contributed by atoms with Crippen LogP contribution < -0.4 is 16.0 Å². The van der Waals surface area contributed by atoms with Gasteiger partial charge in [-0.15, -0.1) is 0 Å². The number of nitrogens with zero attached hydrogens (tertiary/aromatic N) is 6. The van der Waals surface area contributed by atoms with Crippen LogP contribution in [0, 0.1) is 6.92 Å². The van der Waals surface area contributed by atoms with Crippen LogP contribution in [-0.4, -0.2) is 49.6 Å². The average Bonchev–Trinajstić information content (AvgIpc) is 3.43. The number of para-hydroxylation sites is 1. The highest BCUT2D eigenvalue weighted by molar-refractivity contribution is 5.99. The largest absolute Gasteiger partial charge is 0.433 e. The van der Waals surface area contributed by atoms with Crippen LogP contribution in [0.3, 0.4) is 0 Å². The summed E-state index contributed by atoms with van der Waals surface area (Å²) in [4.78, 5) is 37.2. The number of carbonyl (C=O) groups excluding carboxylic acids is 2. The molecule has 0 saturated carbocycles. The smallest absolute Gasteiger partial charge is 0.340 e. The van der Waals surface area contributed by atoms with Crippen molar-refractivity contribution in [2.75, 3.05) is 18.0 Å². The van der Waals surface area contributed by atoms with Crippen molar-refractivity contribution >= 4 is 17.6 Å². The molecule has 0 atom stereocenters. The van der Waals surface area contributed by atoms with E-state index in [1.807, 2.05) is 76.2 Å². The van der Waals surface area contributed by atoms with Crippen molar-refractivity contribution in [2.24, 2.45) is 5.73 Å². The third-order valence-corrected chi connectivity index (χ3v) is 5.28. The van der Waals surface area contributed by atoms with Gasteiger partial charge in [0.05, 0.1) is 24.1 Å². The number of aryl methyl sites for hydroxylation is 1. The van der Waals surface area contributed by atoms with E-state index in [-0.39, 0.29) is 6.54 Å². The third kappa shape index (κ3) is 10.9. The highest BCUT2D eigenvalue weighted by Gasteiger charge is 2.33. The van der Waals surface area contributed by atoms with Crippen LogP contribution >= 0.6 is 0 Å². The lowest BCUT2D eigenvalue weighted by Gasteiger charge is -2.23. The van der Waals surface area contributed by atoms with Gasteiger partial charge in [0.15, 0.2) is 0 Å². The van der Waals surface area contributed by atoms with Crippen molar-refractivity contribution in [3.05, 3.63) is 96.0 Å². The molecule has 0 aliphatic rings. The van der Waals surface area contributed by atoms with E-state index in [4.69, 9.17) is 5.73 Å². The van der Waals surface area contributed by atoms with E-state index in [0.717, 1.165) is 23.1 Å². The summed E-state index contributed by atoms with van der Waals surface area (Å²) in [5.41, 5.74) is 6.48. The molecule has 3 N–H and O–H groups in total. The molecule has 10 nitrogen and oxygen atoms in total. The standard InChI is InChI=1S/C20H19F3N6O2.C6H8N2.2C2H6/c1-3-28(19-13(2)11-26-29(19)14-7-5-4-6-8-14)16(30)12-25-18(31)17-24-10-9-15(27-17)20(21,22)23;7-5-6-3-1-2-4-8-6;2*1-2/h4-11H,3,12H2,1-2H3,(H,25,31);1-4H,5,7H2;2*1-2H3.